The highest BCUT2D eigenvalue weighted by atomic mass is 16.5. The van der Waals surface area contributed by atoms with E-state index >= 15 is 0 Å². The van der Waals surface area contributed by atoms with E-state index in [1.165, 1.54) is 32.1 Å². The lowest BCUT2D eigenvalue weighted by Gasteiger charge is -2.39. The standard InChI is InChI=1S/C13H25N3O/c1-17-13(7-6-8-13)11-15-12(14)16-9-4-2-3-5-10-16/h2-11H2,1H3,(H2,14,15). The largest absolute Gasteiger partial charge is 0.376 e. The van der Waals surface area contributed by atoms with Crippen molar-refractivity contribution >= 4 is 5.96 Å². The predicted molar refractivity (Wildman–Crippen MR) is 70.1 cm³/mol. The first kappa shape index (κ1) is 12.7. The summed E-state index contributed by atoms with van der Waals surface area (Å²) in [6, 6.07) is 0. The van der Waals surface area contributed by atoms with E-state index in [4.69, 9.17) is 10.5 Å². The second-order valence-electron chi connectivity index (χ2n) is 5.32. The molecule has 0 atom stereocenters. The monoisotopic (exact) mass is 239 g/mol. The zero-order chi connectivity index (χ0) is 12.1. The molecule has 1 saturated carbocycles. The van der Waals surface area contributed by atoms with Gasteiger partial charge in [0, 0.05) is 20.2 Å². The number of hydrogen-bond donors (Lipinski definition) is 1. The average Bonchev–Trinajstić information content (AvgIpc) is 2.56. The van der Waals surface area contributed by atoms with Gasteiger partial charge in [-0.2, -0.15) is 0 Å². The fraction of sp³-hybridized carbons (Fsp3) is 0.923. The molecule has 1 saturated heterocycles. The van der Waals surface area contributed by atoms with E-state index < -0.39 is 0 Å². The Labute approximate surface area is 104 Å². The number of methoxy groups -OCH3 is 1. The minimum atomic E-state index is -0.00350. The van der Waals surface area contributed by atoms with Crippen LogP contribution < -0.4 is 5.73 Å². The molecule has 0 bridgehead atoms. The first-order valence-corrected chi connectivity index (χ1v) is 6.86. The van der Waals surface area contributed by atoms with Crippen molar-refractivity contribution in [3.05, 3.63) is 0 Å². The van der Waals surface area contributed by atoms with E-state index in [2.05, 4.69) is 9.89 Å². The molecule has 2 fully saturated rings. The average molecular weight is 239 g/mol. The summed E-state index contributed by atoms with van der Waals surface area (Å²) in [5, 5.41) is 0. The van der Waals surface area contributed by atoms with Crippen LogP contribution in [-0.2, 0) is 4.74 Å². The van der Waals surface area contributed by atoms with Gasteiger partial charge < -0.3 is 15.4 Å². The third kappa shape index (κ3) is 3.12. The molecule has 4 nitrogen and oxygen atoms in total. The Morgan fingerprint density at radius 3 is 2.29 bits per heavy atom. The van der Waals surface area contributed by atoms with Gasteiger partial charge >= 0.3 is 0 Å². The van der Waals surface area contributed by atoms with Crippen LogP contribution in [0, 0.1) is 0 Å². The van der Waals surface area contributed by atoms with Gasteiger partial charge in [-0.05, 0) is 32.1 Å². The van der Waals surface area contributed by atoms with Crippen molar-refractivity contribution in [2.24, 2.45) is 10.7 Å². The number of nitrogens with zero attached hydrogens (tertiary/aromatic N) is 2. The molecule has 17 heavy (non-hydrogen) atoms. The van der Waals surface area contributed by atoms with Crippen LogP contribution in [-0.4, -0.2) is 43.2 Å². The van der Waals surface area contributed by atoms with E-state index in [0.717, 1.165) is 38.4 Å². The fourth-order valence-corrected chi connectivity index (χ4v) is 2.62. The van der Waals surface area contributed by atoms with Crippen LogP contribution in [0.4, 0.5) is 0 Å². The van der Waals surface area contributed by atoms with Crippen LogP contribution in [0.5, 0.6) is 0 Å². The Morgan fingerprint density at radius 2 is 1.82 bits per heavy atom. The van der Waals surface area contributed by atoms with Crippen molar-refractivity contribution in [2.45, 2.75) is 50.5 Å². The molecule has 2 rings (SSSR count). The minimum absolute atomic E-state index is 0.00350. The molecule has 98 valence electrons. The molecule has 0 aromatic rings. The van der Waals surface area contributed by atoms with Gasteiger partial charge in [-0.25, -0.2) is 0 Å². The van der Waals surface area contributed by atoms with Crippen molar-refractivity contribution < 1.29 is 4.74 Å². The third-order valence-electron chi connectivity index (χ3n) is 4.16. The van der Waals surface area contributed by atoms with E-state index in [-0.39, 0.29) is 5.60 Å². The molecule has 0 unspecified atom stereocenters. The molecular weight excluding hydrogens is 214 g/mol. The molecule has 1 aliphatic carbocycles. The Hall–Kier alpha value is -0.770. The Bertz CT molecular complexity index is 260. The maximum absolute atomic E-state index is 6.08. The second kappa shape index (κ2) is 5.71. The SMILES string of the molecule is COC1(CN=C(N)N2CCCCCC2)CCC1. The highest BCUT2D eigenvalue weighted by Crippen LogP contribution is 2.35. The van der Waals surface area contributed by atoms with Crippen LogP contribution in [0.15, 0.2) is 4.99 Å². The van der Waals surface area contributed by atoms with Gasteiger partial charge in [-0.15, -0.1) is 0 Å². The number of aliphatic imine (C=N–C) groups is 1. The zero-order valence-electron chi connectivity index (χ0n) is 11.0. The van der Waals surface area contributed by atoms with Crippen LogP contribution in [0.25, 0.3) is 0 Å². The van der Waals surface area contributed by atoms with Gasteiger partial charge in [0.15, 0.2) is 5.96 Å². The summed E-state index contributed by atoms with van der Waals surface area (Å²) in [5.74, 6) is 0.718. The maximum atomic E-state index is 6.08. The molecular formula is C13H25N3O. The van der Waals surface area contributed by atoms with Gasteiger partial charge in [0.25, 0.3) is 0 Å². The highest BCUT2D eigenvalue weighted by molar-refractivity contribution is 5.78. The van der Waals surface area contributed by atoms with Gasteiger partial charge in [-0.3, -0.25) is 4.99 Å². The predicted octanol–water partition coefficient (Wildman–Crippen LogP) is 1.75. The van der Waals surface area contributed by atoms with Gasteiger partial charge in [-0.1, -0.05) is 12.8 Å². The Balaban J connectivity index is 1.86. The van der Waals surface area contributed by atoms with E-state index in [0.29, 0.717) is 0 Å². The van der Waals surface area contributed by atoms with Gasteiger partial charge in [0.1, 0.15) is 0 Å². The summed E-state index contributed by atoms with van der Waals surface area (Å²) >= 11 is 0. The molecule has 2 N–H and O–H groups in total. The summed E-state index contributed by atoms with van der Waals surface area (Å²) in [5.41, 5.74) is 6.08. The van der Waals surface area contributed by atoms with Gasteiger partial charge in [0.05, 0.1) is 12.1 Å². The number of hydrogen-bond acceptors (Lipinski definition) is 2. The maximum Gasteiger partial charge on any atom is 0.191 e. The summed E-state index contributed by atoms with van der Waals surface area (Å²) in [7, 11) is 1.79. The molecule has 0 spiro atoms. The van der Waals surface area contributed by atoms with Gasteiger partial charge in [0.2, 0.25) is 0 Å². The molecule has 0 radical (unpaired) electrons. The lowest BCUT2D eigenvalue weighted by molar-refractivity contribution is -0.0631. The third-order valence-corrected chi connectivity index (χ3v) is 4.16. The first-order valence-electron chi connectivity index (χ1n) is 6.86. The second-order valence-corrected chi connectivity index (χ2v) is 5.32. The zero-order valence-corrected chi connectivity index (χ0v) is 11.0. The first-order chi connectivity index (χ1) is 8.26. The van der Waals surface area contributed by atoms with Crippen LogP contribution in [0.1, 0.15) is 44.9 Å². The van der Waals surface area contributed by atoms with Crippen molar-refractivity contribution in [1.82, 2.24) is 4.90 Å². The smallest absolute Gasteiger partial charge is 0.191 e. The molecule has 0 aromatic carbocycles. The summed E-state index contributed by atoms with van der Waals surface area (Å²) in [6.45, 7) is 2.86. The number of likely N-dealkylation sites (tertiary alicyclic amines) is 1. The van der Waals surface area contributed by atoms with E-state index in [1.54, 1.807) is 7.11 Å². The lowest BCUT2D eigenvalue weighted by atomic mass is 9.80. The van der Waals surface area contributed by atoms with Crippen molar-refractivity contribution in [3.63, 3.8) is 0 Å². The Morgan fingerprint density at radius 1 is 1.18 bits per heavy atom. The molecule has 1 aliphatic heterocycles. The normalized spacial score (nSPS) is 25.2. The van der Waals surface area contributed by atoms with Crippen molar-refractivity contribution in [2.75, 3.05) is 26.7 Å². The summed E-state index contributed by atoms with van der Waals surface area (Å²) < 4.78 is 5.56. The molecule has 1 heterocycles. The molecule has 0 aromatic heterocycles. The summed E-state index contributed by atoms with van der Waals surface area (Å²) in [6.07, 6.45) is 8.64. The summed E-state index contributed by atoms with van der Waals surface area (Å²) in [4.78, 5) is 6.78. The number of rotatable bonds is 3. The van der Waals surface area contributed by atoms with E-state index in [1.807, 2.05) is 0 Å². The lowest BCUT2D eigenvalue weighted by Crippen LogP contribution is -2.44. The number of nitrogens with two attached hydrogens (primary N) is 1. The van der Waals surface area contributed by atoms with E-state index in [9.17, 15) is 0 Å². The fourth-order valence-electron chi connectivity index (χ4n) is 2.62. The molecule has 2 aliphatic rings. The topological polar surface area (TPSA) is 50.9 Å². The minimum Gasteiger partial charge on any atom is -0.376 e. The van der Waals surface area contributed by atoms with Crippen LogP contribution in [0.3, 0.4) is 0 Å². The number of guanidine groups is 1. The molecule has 4 heteroatoms. The number of ether oxygens (including phenoxy) is 1. The Kier molecular flexibility index (Phi) is 4.26. The van der Waals surface area contributed by atoms with Crippen LogP contribution in [0.2, 0.25) is 0 Å². The quantitative estimate of drug-likeness (QED) is 0.603. The molecule has 0 amide bonds. The van der Waals surface area contributed by atoms with Crippen molar-refractivity contribution in [1.29, 1.82) is 0 Å². The van der Waals surface area contributed by atoms with Crippen molar-refractivity contribution in [3.8, 4) is 0 Å². The van der Waals surface area contributed by atoms with Crippen LogP contribution >= 0.6 is 0 Å². The highest BCUT2D eigenvalue weighted by Gasteiger charge is 2.36.